The second kappa shape index (κ2) is 5.59. The number of aromatic nitrogens is 3. The molecule has 0 spiro atoms. The van der Waals surface area contributed by atoms with Gasteiger partial charge < -0.3 is 9.84 Å². The van der Waals surface area contributed by atoms with Gasteiger partial charge in [0.25, 0.3) is 0 Å². The van der Waals surface area contributed by atoms with Crippen LogP contribution < -0.4 is 0 Å². The van der Waals surface area contributed by atoms with E-state index in [0.29, 0.717) is 30.8 Å². The molecule has 0 aliphatic carbocycles. The van der Waals surface area contributed by atoms with Crippen molar-refractivity contribution in [2.45, 2.75) is 19.9 Å². The highest BCUT2D eigenvalue weighted by Gasteiger charge is 2.13. The number of aryl methyl sites for hydroxylation is 1. The number of nitrogens with zero attached hydrogens (tertiary/aromatic N) is 3. The molecule has 0 amide bonds. The van der Waals surface area contributed by atoms with Gasteiger partial charge in [-0.15, -0.1) is 5.10 Å². The fourth-order valence-corrected chi connectivity index (χ4v) is 1.82. The predicted molar refractivity (Wildman–Crippen MR) is 65.6 cm³/mol. The Morgan fingerprint density at radius 2 is 2.33 bits per heavy atom. The van der Waals surface area contributed by atoms with Crippen LogP contribution in [0, 0.1) is 0 Å². The molecule has 0 fully saturated rings. The van der Waals surface area contributed by atoms with Crippen molar-refractivity contribution in [2.75, 3.05) is 13.2 Å². The number of ether oxygens (including phenoxy) is 1. The SMILES string of the molecule is CCOCCCn1nnc2cccc(C(=O)O)c21. The number of rotatable bonds is 6. The molecule has 0 saturated carbocycles. The summed E-state index contributed by atoms with van der Waals surface area (Å²) >= 11 is 0. The summed E-state index contributed by atoms with van der Waals surface area (Å²) < 4.78 is 6.87. The van der Waals surface area contributed by atoms with Crippen molar-refractivity contribution in [2.24, 2.45) is 0 Å². The topological polar surface area (TPSA) is 77.2 Å². The minimum absolute atomic E-state index is 0.230. The normalized spacial score (nSPS) is 10.9. The fourth-order valence-electron chi connectivity index (χ4n) is 1.82. The first-order valence-electron chi connectivity index (χ1n) is 5.87. The Kier molecular flexibility index (Phi) is 3.88. The lowest BCUT2D eigenvalue weighted by Gasteiger charge is -2.04. The molecule has 96 valence electrons. The number of fused-ring (bicyclic) bond motifs is 1. The van der Waals surface area contributed by atoms with Crippen molar-refractivity contribution < 1.29 is 14.6 Å². The number of hydrogen-bond acceptors (Lipinski definition) is 4. The zero-order valence-electron chi connectivity index (χ0n) is 10.2. The maximum atomic E-state index is 11.1. The minimum Gasteiger partial charge on any atom is -0.478 e. The van der Waals surface area contributed by atoms with Crippen LogP contribution >= 0.6 is 0 Å². The van der Waals surface area contributed by atoms with Crippen LogP contribution in [0.25, 0.3) is 11.0 Å². The third-order valence-corrected chi connectivity index (χ3v) is 2.63. The first kappa shape index (κ1) is 12.5. The molecule has 1 aromatic carbocycles. The molecule has 0 saturated heterocycles. The van der Waals surface area contributed by atoms with Gasteiger partial charge in [-0.1, -0.05) is 11.3 Å². The molecule has 0 bridgehead atoms. The Bertz CT molecular complexity index is 550. The van der Waals surface area contributed by atoms with Crippen LogP contribution in [-0.4, -0.2) is 39.3 Å². The van der Waals surface area contributed by atoms with Gasteiger partial charge in [0.05, 0.1) is 5.56 Å². The van der Waals surface area contributed by atoms with Crippen molar-refractivity contribution in [1.29, 1.82) is 0 Å². The van der Waals surface area contributed by atoms with Crippen LogP contribution in [0.2, 0.25) is 0 Å². The van der Waals surface area contributed by atoms with Gasteiger partial charge in [0.1, 0.15) is 11.0 Å². The summed E-state index contributed by atoms with van der Waals surface area (Å²) in [6, 6.07) is 4.99. The number of para-hydroxylation sites is 1. The minimum atomic E-state index is -0.964. The summed E-state index contributed by atoms with van der Waals surface area (Å²) in [7, 11) is 0. The molecule has 0 radical (unpaired) electrons. The van der Waals surface area contributed by atoms with Gasteiger partial charge in [-0.3, -0.25) is 0 Å². The molecule has 0 aliphatic heterocycles. The van der Waals surface area contributed by atoms with E-state index < -0.39 is 5.97 Å². The molecule has 6 nitrogen and oxygen atoms in total. The van der Waals surface area contributed by atoms with Crippen molar-refractivity contribution in [3.8, 4) is 0 Å². The second-order valence-electron chi connectivity index (χ2n) is 3.84. The average Bonchev–Trinajstić information content (AvgIpc) is 2.77. The monoisotopic (exact) mass is 249 g/mol. The second-order valence-corrected chi connectivity index (χ2v) is 3.84. The summed E-state index contributed by atoms with van der Waals surface area (Å²) in [4.78, 5) is 11.1. The quantitative estimate of drug-likeness (QED) is 0.786. The van der Waals surface area contributed by atoms with Gasteiger partial charge in [-0.2, -0.15) is 0 Å². The van der Waals surface area contributed by atoms with Crippen LogP contribution in [-0.2, 0) is 11.3 Å². The molecule has 1 heterocycles. The molecule has 0 unspecified atom stereocenters. The van der Waals surface area contributed by atoms with Crippen molar-refractivity contribution in [3.05, 3.63) is 23.8 Å². The number of carboxylic acids is 1. The molecule has 2 aromatic rings. The Hall–Kier alpha value is -1.95. The zero-order valence-corrected chi connectivity index (χ0v) is 10.2. The summed E-state index contributed by atoms with van der Waals surface area (Å²) in [6.07, 6.45) is 0.778. The van der Waals surface area contributed by atoms with Gasteiger partial charge >= 0.3 is 5.97 Å². The van der Waals surface area contributed by atoms with Gasteiger partial charge in [-0.05, 0) is 25.5 Å². The fraction of sp³-hybridized carbons (Fsp3) is 0.417. The maximum Gasteiger partial charge on any atom is 0.337 e. The highest BCUT2D eigenvalue weighted by molar-refractivity contribution is 6.00. The lowest BCUT2D eigenvalue weighted by Crippen LogP contribution is -2.07. The summed E-state index contributed by atoms with van der Waals surface area (Å²) in [5, 5.41) is 17.1. The smallest absolute Gasteiger partial charge is 0.337 e. The summed E-state index contributed by atoms with van der Waals surface area (Å²) in [5.74, 6) is -0.964. The van der Waals surface area contributed by atoms with Gasteiger partial charge in [0, 0.05) is 19.8 Å². The first-order chi connectivity index (χ1) is 8.74. The van der Waals surface area contributed by atoms with E-state index >= 15 is 0 Å². The Balaban J connectivity index is 2.25. The highest BCUT2D eigenvalue weighted by atomic mass is 16.5. The molecule has 1 N–H and O–H groups in total. The lowest BCUT2D eigenvalue weighted by molar-refractivity contribution is 0.0698. The highest BCUT2D eigenvalue weighted by Crippen LogP contribution is 2.16. The van der Waals surface area contributed by atoms with Gasteiger partial charge in [-0.25, -0.2) is 9.48 Å². The van der Waals surface area contributed by atoms with E-state index in [2.05, 4.69) is 10.3 Å². The molecule has 18 heavy (non-hydrogen) atoms. The van der Waals surface area contributed by atoms with E-state index in [9.17, 15) is 4.79 Å². The molecule has 1 aromatic heterocycles. The van der Waals surface area contributed by atoms with E-state index in [-0.39, 0.29) is 5.56 Å². The first-order valence-corrected chi connectivity index (χ1v) is 5.87. The molecular weight excluding hydrogens is 234 g/mol. The van der Waals surface area contributed by atoms with Gasteiger partial charge in [0.15, 0.2) is 0 Å². The van der Waals surface area contributed by atoms with Gasteiger partial charge in [0.2, 0.25) is 0 Å². The number of carboxylic acid groups (broad SMARTS) is 1. The number of hydrogen-bond donors (Lipinski definition) is 1. The number of aromatic carboxylic acids is 1. The van der Waals surface area contributed by atoms with Crippen molar-refractivity contribution >= 4 is 17.0 Å². The molecular formula is C12H15N3O3. The Morgan fingerprint density at radius 1 is 1.50 bits per heavy atom. The van der Waals surface area contributed by atoms with Crippen LogP contribution in [0.5, 0.6) is 0 Å². The lowest BCUT2D eigenvalue weighted by atomic mass is 10.2. The van der Waals surface area contributed by atoms with E-state index in [1.807, 2.05) is 6.92 Å². The predicted octanol–water partition coefficient (Wildman–Crippen LogP) is 1.56. The Morgan fingerprint density at radius 3 is 3.06 bits per heavy atom. The third-order valence-electron chi connectivity index (χ3n) is 2.63. The summed E-state index contributed by atoms with van der Waals surface area (Å²) in [6.45, 7) is 3.85. The zero-order chi connectivity index (χ0) is 13.0. The van der Waals surface area contributed by atoms with Crippen molar-refractivity contribution in [3.63, 3.8) is 0 Å². The van der Waals surface area contributed by atoms with Crippen LogP contribution in [0.1, 0.15) is 23.7 Å². The molecule has 6 heteroatoms. The van der Waals surface area contributed by atoms with E-state index in [1.54, 1.807) is 22.9 Å². The van der Waals surface area contributed by atoms with Crippen LogP contribution in [0.15, 0.2) is 18.2 Å². The van der Waals surface area contributed by atoms with E-state index in [1.165, 1.54) is 0 Å². The third kappa shape index (κ3) is 2.48. The number of benzene rings is 1. The standard InChI is InChI=1S/C12H15N3O3/c1-2-18-8-4-7-15-11-9(12(16)17)5-3-6-10(11)13-14-15/h3,5-6H,2,4,7-8H2,1H3,(H,16,17). The maximum absolute atomic E-state index is 11.1. The Labute approximate surface area is 104 Å². The summed E-state index contributed by atoms with van der Waals surface area (Å²) in [5.41, 5.74) is 1.40. The van der Waals surface area contributed by atoms with Crippen molar-refractivity contribution in [1.82, 2.24) is 15.0 Å². The molecule has 0 atom stereocenters. The molecule has 2 rings (SSSR count). The van der Waals surface area contributed by atoms with Crippen LogP contribution in [0.3, 0.4) is 0 Å². The van der Waals surface area contributed by atoms with E-state index in [4.69, 9.17) is 9.84 Å². The van der Waals surface area contributed by atoms with E-state index in [0.717, 1.165) is 6.42 Å². The van der Waals surface area contributed by atoms with Crippen LogP contribution in [0.4, 0.5) is 0 Å². The number of carbonyl (C=O) groups is 1. The average molecular weight is 249 g/mol. The molecule has 0 aliphatic rings. The largest absolute Gasteiger partial charge is 0.478 e.